The molecular weight excluding hydrogens is 475 g/mol. The number of halogens is 1. The van der Waals surface area contributed by atoms with Gasteiger partial charge in [-0.05, 0) is 43.3 Å². The molecule has 0 bridgehead atoms. The molecule has 0 aliphatic rings. The highest BCUT2D eigenvalue weighted by Crippen LogP contribution is 2.16. The van der Waals surface area contributed by atoms with Crippen molar-refractivity contribution in [2.75, 3.05) is 33.9 Å². The van der Waals surface area contributed by atoms with Crippen molar-refractivity contribution in [3.05, 3.63) is 47.9 Å². The molecule has 0 aliphatic heterocycles. The lowest BCUT2D eigenvalue weighted by atomic mass is 10.3. The second-order valence-electron chi connectivity index (χ2n) is 5.75. The summed E-state index contributed by atoms with van der Waals surface area (Å²) in [6, 6.07) is 10.7. The van der Waals surface area contributed by atoms with E-state index in [1.165, 1.54) is 0 Å². The first-order valence-corrected chi connectivity index (χ1v) is 8.68. The summed E-state index contributed by atoms with van der Waals surface area (Å²) in [5.41, 5.74) is 5.19. The Labute approximate surface area is 182 Å². The van der Waals surface area contributed by atoms with E-state index in [1.54, 1.807) is 19.2 Å². The van der Waals surface area contributed by atoms with E-state index in [4.69, 9.17) is 19.6 Å². The molecule has 0 unspecified atom stereocenters. The molecule has 2 rings (SSSR count). The van der Waals surface area contributed by atoms with E-state index in [9.17, 15) is 4.79 Å². The molecule has 0 saturated carbocycles. The molecule has 1 aromatic carbocycles. The second kappa shape index (κ2) is 12.1. The first-order chi connectivity index (χ1) is 13.0. The summed E-state index contributed by atoms with van der Waals surface area (Å²) in [7, 11) is 3.56. The number of furan rings is 1. The van der Waals surface area contributed by atoms with Crippen molar-refractivity contribution < 1.29 is 18.7 Å². The van der Waals surface area contributed by atoms with Gasteiger partial charge in [-0.25, -0.2) is 4.99 Å². The van der Waals surface area contributed by atoms with Crippen LogP contribution in [0.4, 0.5) is 0 Å². The molecule has 1 heterocycles. The maximum Gasteiger partial charge on any atom is 0.284 e. The van der Waals surface area contributed by atoms with Crippen LogP contribution in [0.5, 0.6) is 11.5 Å². The highest BCUT2D eigenvalue weighted by atomic mass is 127. The smallest absolute Gasteiger partial charge is 0.284 e. The minimum Gasteiger partial charge on any atom is -0.497 e. The van der Waals surface area contributed by atoms with E-state index in [-0.39, 0.29) is 29.7 Å². The molecule has 1 aromatic heterocycles. The van der Waals surface area contributed by atoms with Crippen LogP contribution in [0.15, 0.2) is 45.8 Å². The monoisotopic (exact) mass is 502 g/mol. The van der Waals surface area contributed by atoms with Gasteiger partial charge >= 0.3 is 0 Å². The molecule has 154 valence electrons. The lowest BCUT2D eigenvalue weighted by Gasteiger charge is -2.22. The number of carbonyl (C=O) groups excluding carboxylic acids is 1. The number of methoxy groups -OCH3 is 1. The molecule has 8 nitrogen and oxygen atoms in total. The van der Waals surface area contributed by atoms with Crippen molar-refractivity contribution >= 4 is 35.8 Å². The number of likely N-dealkylation sites (N-methyl/N-ethyl adjacent to an activating group) is 1. The summed E-state index contributed by atoms with van der Waals surface area (Å²) in [6.45, 7) is 4.17. The fraction of sp³-hybridized carbons (Fsp3) is 0.368. The minimum atomic E-state index is -0.593. The predicted octanol–water partition coefficient (Wildman–Crippen LogP) is 2.48. The fourth-order valence-electron chi connectivity index (χ4n) is 2.30. The molecule has 1 amide bonds. The highest BCUT2D eigenvalue weighted by molar-refractivity contribution is 14.0. The number of ether oxygens (including phenoxy) is 2. The number of primary amides is 1. The van der Waals surface area contributed by atoms with Crippen LogP contribution < -0.4 is 20.5 Å². The van der Waals surface area contributed by atoms with Gasteiger partial charge in [0.2, 0.25) is 0 Å². The van der Waals surface area contributed by atoms with Crippen molar-refractivity contribution in [1.82, 2.24) is 10.2 Å². The number of guanidine groups is 1. The number of hydrogen-bond acceptors (Lipinski definition) is 5. The third-order valence-corrected chi connectivity index (χ3v) is 3.74. The zero-order chi connectivity index (χ0) is 19.6. The molecule has 28 heavy (non-hydrogen) atoms. The Bertz CT molecular complexity index is 762. The summed E-state index contributed by atoms with van der Waals surface area (Å²) in [4.78, 5) is 17.6. The number of benzene rings is 1. The average molecular weight is 502 g/mol. The van der Waals surface area contributed by atoms with Crippen molar-refractivity contribution in [1.29, 1.82) is 0 Å². The van der Waals surface area contributed by atoms with Crippen LogP contribution >= 0.6 is 24.0 Å². The van der Waals surface area contributed by atoms with Crippen molar-refractivity contribution in [2.24, 2.45) is 10.7 Å². The Balaban J connectivity index is 0.00000392. The largest absolute Gasteiger partial charge is 0.497 e. The van der Waals surface area contributed by atoms with Gasteiger partial charge in [0.25, 0.3) is 5.91 Å². The average Bonchev–Trinajstić information content (AvgIpc) is 3.15. The van der Waals surface area contributed by atoms with Crippen molar-refractivity contribution in [3.8, 4) is 11.5 Å². The molecule has 9 heteroatoms. The van der Waals surface area contributed by atoms with Gasteiger partial charge in [0.1, 0.15) is 30.4 Å². The normalized spacial score (nSPS) is 10.8. The summed E-state index contributed by atoms with van der Waals surface area (Å²) < 4.78 is 16.2. The Morgan fingerprint density at radius 1 is 1.21 bits per heavy atom. The number of amides is 1. The van der Waals surface area contributed by atoms with Crippen LogP contribution in [0.25, 0.3) is 0 Å². The number of carbonyl (C=O) groups is 1. The van der Waals surface area contributed by atoms with E-state index in [1.807, 2.05) is 43.1 Å². The van der Waals surface area contributed by atoms with Gasteiger partial charge in [-0.15, -0.1) is 24.0 Å². The lowest BCUT2D eigenvalue weighted by Crippen LogP contribution is -2.40. The van der Waals surface area contributed by atoms with Gasteiger partial charge in [0.15, 0.2) is 11.7 Å². The molecule has 0 atom stereocenters. The third-order valence-electron chi connectivity index (χ3n) is 3.74. The zero-order valence-corrected chi connectivity index (χ0v) is 18.6. The Kier molecular flexibility index (Phi) is 10.2. The van der Waals surface area contributed by atoms with Crippen molar-refractivity contribution in [2.45, 2.75) is 13.5 Å². The molecule has 0 radical (unpaired) electrons. The SMILES string of the molecule is CCNC(=NCc1ccc(C(N)=O)o1)N(C)CCOc1ccc(OC)cc1.I. The molecule has 0 aliphatic carbocycles. The highest BCUT2D eigenvalue weighted by Gasteiger charge is 2.09. The van der Waals surface area contributed by atoms with Crippen molar-refractivity contribution in [3.63, 3.8) is 0 Å². The standard InChI is InChI=1S/C19H26N4O4.HI/c1-4-21-19(22-13-16-9-10-17(27-16)18(20)24)23(2)11-12-26-15-7-5-14(25-3)6-8-15;/h5-10H,4,11-13H2,1-3H3,(H2,20,24)(H,21,22);1H. The Morgan fingerprint density at radius 2 is 1.89 bits per heavy atom. The Hall–Kier alpha value is -2.43. The number of rotatable bonds is 9. The van der Waals surface area contributed by atoms with Crippen LogP contribution in [0, 0.1) is 0 Å². The molecular formula is C19H27IN4O4. The van der Waals surface area contributed by atoms with Gasteiger partial charge in [-0.2, -0.15) is 0 Å². The van der Waals surface area contributed by atoms with Gasteiger partial charge < -0.3 is 29.8 Å². The molecule has 0 saturated heterocycles. The third kappa shape index (κ3) is 7.29. The fourth-order valence-corrected chi connectivity index (χ4v) is 2.30. The maximum absolute atomic E-state index is 11.1. The number of nitrogens with one attached hydrogen (secondary N) is 1. The van der Waals surface area contributed by atoms with Crippen LogP contribution in [0.3, 0.4) is 0 Å². The first-order valence-electron chi connectivity index (χ1n) is 8.68. The number of nitrogens with two attached hydrogens (primary N) is 1. The number of nitrogens with zero attached hydrogens (tertiary/aromatic N) is 2. The maximum atomic E-state index is 11.1. The number of aliphatic imine (C=N–C) groups is 1. The summed E-state index contributed by atoms with van der Waals surface area (Å²) in [6.07, 6.45) is 0. The van der Waals surface area contributed by atoms with E-state index in [2.05, 4.69) is 10.3 Å². The van der Waals surface area contributed by atoms with Crippen LogP contribution in [0.1, 0.15) is 23.2 Å². The quantitative estimate of drug-likeness (QED) is 0.311. The van der Waals surface area contributed by atoms with E-state index >= 15 is 0 Å². The predicted molar refractivity (Wildman–Crippen MR) is 119 cm³/mol. The molecule has 0 spiro atoms. The molecule has 0 fully saturated rings. The summed E-state index contributed by atoms with van der Waals surface area (Å²) in [5.74, 6) is 2.39. The van der Waals surface area contributed by atoms with Gasteiger partial charge in [0, 0.05) is 13.6 Å². The summed E-state index contributed by atoms with van der Waals surface area (Å²) in [5, 5.41) is 3.22. The minimum absolute atomic E-state index is 0. The Morgan fingerprint density at radius 3 is 2.46 bits per heavy atom. The second-order valence-corrected chi connectivity index (χ2v) is 5.75. The lowest BCUT2D eigenvalue weighted by molar-refractivity contribution is 0.0972. The topological polar surface area (TPSA) is 102 Å². The van der Waals surface area contributed by atoms with Crippen LogP contribution in [-0.4, -0.2) is 50.6 Å². The van der Waals surface area contributed by atoms with Gasteiger partial charge in [-0.3, -0.25) is 4.79 Å². The number of hydrogen-bond donors (Lipinski definition) is 2. The van der Waals surface area contributed by atoms with E-state index in [0.29, 0.717) is 31.4 Å². The first kappa shape index (κ1) is 23.6. The van der Waals surface area contributed by atoms with E-state index < -0.39 is 5.91 Å². The van der Waals surface area contributed by atoms with Gasteiger partial charge in [0.05, 0.1) is 13.7 Å². The van der Waals surface area contributed by atoms with E-state index in [0.717, 1.165) is 18.0 Å². The molecule has 2 aromatic rings. The summed E-state index contributed by atoms with van der Waals surface area (Å²) >= 11 is 0. The molecule has 3 N–H and O–H groups in total. The zero-order valence-electron chi connectivity index (χ0n) is 16.3. The van der Waals surface area contributed by atoms with Crippen LogP contribution in [-0.2, 0) is 6.54 Å². The van der Waals surface area contributed by atoms with Gasteiger partial charge in [-0.1, -0.05) is 0 Å². The van der Waals surface area contributed by atoms with Crippen LogP contribution in [0.2, 0.25) is 0 Å².